The van der Waals surface area contributed by atoms with Gasteiger partial charge >= 0.3 is 0 Å². The van der Waals surface area contributed by atoms with E-state index in [-0.39, 0.29) is 0 Å². The summed E-state index contributed by atoms with van der Waals surface area (Å²) in [6.45, 7) is 1.08. The number of hydrogen-bond acceptors (Lipinski definition) is 2. The summed E-state index contributed by atoms with van der Waals surface area (Å²) in [5.41, 5.74) is 7.80. The second-order valence-corrected chi connectivity index (χ2v) is 5.64. The molecular formula is C14H13Br2NO. The van der Waals surface area contributed by atoms with Crippen LogP contribution >= 0.6 is 31.9 Å². The van der Waals surface area contributed by atoms with Crippen LogP contribution in [0.4, 0.5) is 0 Å². The summed E-state index contributed by atoms with van der Waals surface area (Å²) in [6, 6.07) is 13.9. The molecule has 0 aliphatic carbocycles. The molecule has 2 nitrogen and oxygen atoms in total. The van der Waals surface area contributed by atoms with Crippen molar-refractivity contribution in [2.45, 2.75) is 13.2 Å². The van der Waals surface area contributed by atoms with E-state index in [4.69, 9.17) is 10.5 Å². The lowest BCUT2D eigenvalue weighted by Crippen LogP contribution is -2.00. The average Bonchev–Trinajstić information content (AvgIpc) is 2.39. The van der Waals surface area contributed by atoms with Crippen LogP contribution in [0.25, 0.3) is 0 Å². The van der Waals surface area contributed by atoms with Crippen LogP contribution in [-0.4, -0.2) is 0 Å². The van der Waals surface area contributed by atoms with Crippen LogP contribution in [0.3, 0.4) is 0 Å². The van der Waals surface area contributed by atoms with Gasteiger partial charge in [0.05, 0.1) is 0 Å². The van der Waals surface area contributed by atoms with Gasteiger partial charge in [-0.15, -0.1) is 0 Å². The van der Waals surface area contributed by atoms with Crippen molar-refractivity contribution in [1.82, 2.24) is 0 Å². The molecule has 4 heteroatoms. The van der Waals surface area contributed by atoms with Crippen molar-refractivity contribution in [2.75, 3.05) is 0 Å². The Hall–Kier alpha value is -0.840. The fourth-order valence-electron chi connectivity index (χ4n) is 1.53. The molecule has 2 aromatic carbocycles. The Balaban J connectivity index is 2.04. The molecule has 0 atom stereocenters. The second-order valence-electron chi connectivity index (χ2n) is 3.87. The Morgan fingerprint density at radius 1 is 1.00 bits per heavy atom. The molecule has 0 unspecified atom stereocenters. The van der Waals surface area contributed by atoms with Gasteiger partial charge in [-0.25, -0.2) is 0 Å². The average molecular weight is 371 g/mol. The van der Waals surface area contributed by atoms with Crippen molar-refractivity contribution in [3.8, 4) is 5.75 Å². The summed E-state index contributed by atoms with van der Waals surface area (Å²) >= 11 is 6.92. The number of hydrogen-bond donors (Lipinski definition) is 1. The number of ether oxygens (including phenoxy) is 1. The third-order valence-corrected chi connectivity index (χ3v) is 3.83. The molecule has 0 saturated heterocycles. The van der Waals surface area contributed by atoms with Gasteiger partial charge in [-0.3, -0.25) is 0 Å². The van der Waals surface area contributed by atoms with E-state index in [1.54, 1.807) is 0 Å². The quantitative estimate of drug-likeness (QED) is 0.873. The predicted octanol–water partition coefficient (Wildman–Crippen LogP) is 4.25. The van der Waals surface area contributed by atoms with E-state index in [1.165, 1.54) is 0 Å². The first-order chi connectivity index (χ1) is 8.69. The highest BCUT2D eigenvalue weighted by Gasteiger charge is 2.02. The van der Waals surface area contributed by atoms with Gasteiger partial charge in [0, 0.05) is 21.1 Å². The molecule has 2 aromatic rings. The summed E-state index contributed by atoms with van der Waals surface area (Å²) < 4.78 is 7.79. The fraction of sp³-hybridized carbons (Fsp3) is 0.143. The molecule has 0 bridgehead atoms. The molecule has 0 aromatic heterocycles. The van der Waals surface area contributed by atoms with E-state index in [0.29, 0.717) is 13.2 Å². The van der Waals surface area contributed by atoms with E-state index in [1.807, 2.05) is 42.5 Å². The maximum Gasteiger partial charge on any atom is 0.119 e. The van der Waals surface area contributed by atoms with Crippen LogP contribution in [0.5, 0.6) is 5.75 Å². The van der Waals surface area contributed by atoms with E-state index < -0.39 is 0 Å². The van der Waals surface area contributed by atoms with E-state index in [2.05, 4.69) is 31.9 Å². The van der Waals surface area contributed by atoms with Gasteiger partial charge in [-0.05, 0) is 35.9 Å². The first-order valence-corrected chi connectivity index (χ1v) is 7.13. The number of rotatable bonds is 4. The summed E-state index contributed by atoms with van der Waals surface area (Å²) in [5.74, 6) is 0.855. The van der Waals surface area contributed by atoms with Gasteiger partial charge in [-0.2, -0.15) is 0 Å². The van der Waals surface area contributed by atoms with E-state index in [9.17, 15) is 0 Å². The topological polar surface area (TPSA) is 35.2 Å². The summed E-state index contributed by atoms with van der Waals surface area (Å²) in [6.07, 6.45) is 0. The molecule has 0 aliphatic rings. The van der Waals surface area contributed by atoms with Crippen molar-refractivity contribution in [2.24, 2.45) is 5.73 Å². The van der Waals surface area contributed by atoms with E-state index >= 15 is 0 Å². The molecule has 0 aliphatic heterocycles. The second kappa shape index (κ2) is 6.36. The minimum absolute atomic E-state index is 0.535. The van der Waals surface area contributed by atoms with Crippen molar-refractivity contribution in [3.63, 3.8) is 0 Å². The van der Waals surface area contributed by atoms with Gasteiger partial charge < -0.3 is 10.5 Å². The molecule has 94 valence electrons. The van der Waals surface area contributed by atoms with Gasteiger partial charge in [0.1, 0.15) is 12.4 Å². The summed E-state index contributed by atoms with van der Waals surface area (Å²) in [5, 5.41) is 0. The van der Waals surface area contributed by atoms with Crippen LogP contribution in [0.15, 0.2) is 51.4 Å². The zero-order chi connectivity index (χ0) is 13.0. The third kappa shape index (κ3) is 3.57. The first kappa shape index (κ1) is 13.6. The SMILES string of the molecule is NCc1ccc(COc2ccc(Br)cc2)c(Br)c1. The highest BCUT2D eigenvalue weighted by Crippen LogP contribution is 2.22. The molecule has 2 rings (SSSR count). The predicted molar refractivity (Wildman–Crippen MR) is 80.5 cm³/mol. The van der Waals surface area contributed by atoms with Crippen molar-refractivity contribution in [3.05, 3.63) is 62.5 Å². The summed E-state index contributed by atoms with van der Waals surface area (Å²) in [4.78, 5) is 0. The molecular weight excluding hydrogens is 358 g/mol. The monoisotopic (exact) mass is 369 g/mol. The lowest BCUT2D eigenvalue weighted by molar-refractivity contribution is 0.305. The van der Waals surface area contributed by atoms with Crippen molar-refractivity contribution >= 4 is 31.9 Å². The lowest BCUT2D eigenvalue weighted by Gasteiger charge is -2.09. The zero-order valence-corrected chi connectivity index (χ0v) is 12.9. The van der Waals surface area contributed by atoms with Crippen LogP contribution in [0, 0.1) is 0 Å². The largest absolute Gasteiger partial charge is 0.489 e. The van der Waals surface area contributed by atoms with Crippen molar-refractivity contribution in [1.29, 1.82) is 0 Å². The van der Waals surface area contributed by atoms with Crippen molar-refractivity contribution < 1.29 is 4.74 Å². The van der Waals surface area contributed by atoms with Gasteiger partial charge in [0.15, 0.2) is 0 Å². The van der Waals surface area contributed by atoms with Crippen LogP contribution in [0.1, 0.15) is 11.1 Å². The minimum atomic E-state index is 0.535. The van der Waals surface area contributed by atoms with E-state index in [0.717, 1.165) is 25.8 Å². The summed E-state index contributed by atoms with van der Waals surface area (Å²) in [7, 11) is 0. The van der Waals surface area contributed by atoms with Gasteiger partial charge in [0.25, 0.3) is 0 Å². The molecule has 0 radical (unpaired) electrons. The van der Waals surface area contributed by atoms with Gasteiger partial charge in [-0.1, -0.05) is 44.0 Å². The van der Waals surface area contributed by atoms with Gasteiger partial charge in [0.2, 0.25) is 0 Å². The molecule has 0 saturated carbocycles. The molecule has 18 heavy (non-hydrogen) atoms. The van der Waals surface area contributed by atoms with Crippen LogP contribution in [-0.2, 0) is 13.2 Å². The van der Waals surface area contributed by atoms with Crippen LogP contribution in [0.2, 0.25) is 0 Å². The highest BCUT2D eigenvalue weighted by atomic mass is 79.9. The zero-order valence-electron chi connectivity index (χ0n) is 9.70. The van der Waals surface area contributed by atoms with Crippen LogP contribution < -0.4 is 10.5 Å². The smallest absolute Gasteiger partial charge is 0.119 e. The fourth-order valence-corrected chi connectivity index (χ4v) is 2.33. The number of halogens is 2. The molecule has 2 N–H and O–H groups in total. The minimum Gasteiger partial charge on any atom is -0.489 e. The molecule has 0 fully saturated rings. The first-order valence-electron chi connectivity index (χ1n) is 5.55. The Morgan fingerprint density at radius 3 is 2.33 bits per heavy atom. The highest BCUT2D eigenvalue weighted by molar-refractivity contribution is 9.10. The normalized spacial score (nSPS) is 10.4. The molecule has 0 spiro atoms. The maximum absolute atomic E-state index is 5.72. The number of benzene rings is 2. The standard InChI is InChI=1S/C14H13Br2NO/c15-12-3-5-13(6-4-12)18-9-11-2-1-10(8-17)7-14(11)16/h1-7H,8-9,17H2. The Labute approximate surface area is 123 Å². The maximum atomic E-state index is 5.72. The Morgan fingerprint density at radius 2 is 1.72 bits per heavy atom. The molecule has 0 heterocycles. The lowest BCUT2D eigenvalue weighted by atomic mass is 10.1. The third-order valence-electron chi connectivity index (χ3n) is 2.56. The Kier molecular flexibility index (Phi) is 4.80. The number of nitrogens with two attached hydrogens (primary N) is 1. The Bertz CT molecular complexity index is 526. The molecule has 0 amide bonds.